The molecule has 0 amide bonds. The molecule has 0 radical (unpaired) electrons. The van der Waals surface area contributed by atoms with Crippen molar-refractivity contribution >= 4 is 81.8 Å². The van der Waals surface area contributed by atoms with E-state index in [9.17, 15) is 0 Å². The Bertz CT molecular complexity index is 6.00. The van der Waals surface area contributed by atoms with Crippen LogP contribution < -0.4 is 0 Å². The van der Waals surface area contributed by atoms with Crippen molar-refractivity contribution in [2.24, 2.45) is 0 Å². The molecule has 0 nitrogen and oxygen atoms in total. The second-order valence-corrected chi connectivity index (χ2v) is 2.73. The van der Waals surface area contributed by atoms with E-state index < -0.39 is 18.2 Å². The maximum atomic E-state index is 4.90. The molecule has 0 N–H and O–H groups in total. The van der Waals surface area contributed by atoms with Gasteiger partial charge in [0.15, 0.2) is 0 Å². The van der Waals surface area contributed by atoms with E-state index in [-0.39, 0.29) is 45.5 Å². The fourth-order valence-corrected chi connectivity index (χ4v) is 0. The quantitative estimate of drug-likeness (QED) is 0.468. The van der Waals surface area contributed by atoms with Crippen LogP contribution in [0.2, 0.25) is 0 Å². The molecule has 4 heavy (non-hydrogen) atoms. The molecule has 0 bridgehead atoms. The van der Waals surface area contributed by atoms with Crippen molar-refractivity contribution < 1.29 is 0 Å². The van der Waals surface area contributed by atoms with Crippen LogP contribution in [-0.4, -0.2) is 63.6 Å². The van der Waals surface area contributed by atoms with Crippen molar-refractivity contribution in [2.75, 3.05) is 0 Å². The van der Waals surface area contributed by atoms with Gasteiger partial charge in [0.25, 0.3) is 0 Å². The van der Waals surface area contributed by atoms with Crippen LogP contribution in [0, 0.1) is 0 Å². The predicted octanol–water partition coefficient (Wildman–Crippen LogP) is 0.0820. The van der Waals surface area contributed by atoms with E-state index in [1.54, 1.807) is 0 Å². The van der Waals surface area contributed by atoms with Crippen molar-refractivity contribution in [3.63, 3.8) is 0 Å². The maximum absolute atomic E-state index is 4.90. The summed E-state index contributed by atoms with van der Waals surface area (Å²) in [4.78, 5) is 0. The molecule has 0 unspecified atom stereocenters. The van der Waals surface area contributed by atoms with Gasteiger partial charge in [-0.2, -0.15) is 0 Å². The van der Waals surface area contributed by atoms with Gasteiger partial charge in [-0.3, -0.25) is 0 Å². The minimum atomic E-state index is -0.639. The van der Waals surface area contributed by atoms with Crippen molar-refractivity contribution in [3.8, 4) is 0 Å². The standard InChI is InChI=1S/2ClH.Mg.Sr.2H/h2*1H;;;;/q;;+2;;;/p-2. The normalized spacial score (nSPS) is 2.50. The van der Waals surface area contributed by atoms with Gasteiger partial charge in [0.05, 0.1) is 0 Å². The molecule has 0 fully saturated rings. The molecule has 0 aromatic carbocycles. The zero-order valence-corrected chi connectivity index (χ0v) is 4.39. The molecular weight excluding hydrogens is 183 g/mol. The summed E-state index contributed by atoms with van der Waals surface area (Å²) in [6.45, 7) is 0. The fourth-order valence-electron chi connectivity index (χ4n) is 0. The van der Waals surface area contributed by atoms with E-state index >= 15 is 0 Å². The second kappa shape index (κ2) is 9.27. The molecule has 0 heterocycles. The van der Waals surface area contributed by atoms with Crippen LogP contribution in [-0.2, 0) is 0 Å². The molecule has 0 spiro atoms. The van der Waals surface area contributed by atoms with E-state index in [1.165, 1.54) is 0 Å². The molecule has 0 aliphatic carbocycles. The molecular formula is H2Cl2MgSr. The number of rotatable bonds is 0. The summed E-state index contributed by atoms with van der Waals surface area (Å²) in [6.07, 6.45) is 0. The van der Waals surface area contributed by atoms with Gasteiger partial charge < -0.3 is 18.1 Å². The molecule has 0 saturated carbocycles. The summed E-state index contributed by atoms with van der Waals surface area (Å²) >= 11 is -0.639. The Kier molecular flexibility index (Phi) is 23.1. The number of hydrogen-bond donors (Lipinski definition) is 0. The van der Waals surface area contributed by atoms with Crippen molar-refractivity contribution in [2.45, 2.75) is 0 Å². The van der Waals surface area contributed by atoms with E-state index in [0.717, 1.165) is 0 Å². The monoisotopic (exact) mass is 184 g/mol. The van der Waals surface area contributed by atoms with Crippen LogP contribution in [0.15, 0.2) is 0 Å². The summed E-state index contributed by atoms with van der Waals surface area (Å²) < 4.78 is 0. The molecule has 0 atom stereocenters. The van der Waals surface area contributed by atoms with Crippen LogP contribution in [0.4, 0.5) is 0 Å². The van der Waals surface area contributed by atoms with Gasteiger partial charge in [-0.05, 0) is 0 Å². The fraction of sp³-hybridized carbons (Fsp3) is 0. The number of hydrogen-bond acceptors (Lipinski definition) is 0. The first-order valence-corrected chi connectivity index (χ1v) is 4.81. The van der Waals surface area contributed by atoms with E-state index in [1.807, 2.05) is 0 Å². The van der Waals surface area contributed by atoms with Crippen LogP contribution >= 0.6 is 18.1 Å². The van der Waals surface area contributed by atoms with Crippen molar-refractivity contribution in [1.29, 1.82) is 0 Å². The van der Waals surface area contributed by atoms with Gasteiger partial charge in [0.1, 0.15) is 0 Å². The average Bonchev–Trinajstić information content (AvgIpc) is 0.918. The molecule has 0 aromatic heterocycles. The predicted molar refractivity (Wildman–Crippen MR) is 26.0 cm³/mol. The molecule has 0 saturated heterocycles. The SMILES string of the molecule is [Cl][Mg][Cl].[SrH2]. The summed E-state index contributed by atoms with van der Waals surface area (Å²) in [5.74, 6) is 0. The Morgan fingerprint density at radius 2 is 1.25 bits per heavy atom. The molecule has 20 valence electrons. The second-order valence-electron chi connectivity index (χ2n) is 0.101. The van der Waals surface area contributed by atoms with Crippen LogP contribution in [0.3, 0.4) is 0 Å². The van der Waals surface area contributed by atoms with Gasteiger partial charge in [-0.25, -0.2) is 0 Å². The topological polar surface area (TPSA) is 0 Å². The first-order chi connectivity index (χ1) is 1.41. The van der Waals surface area contributed by atoms with E-state index in [2.05, 4.69) is 0 Å². The van der Waals surface area contributed by atoms with Crippen LogP contribution in [0.25, 0.3) is 0 Å². The summed E-state index contributed by atoms with van der Waals surface area (Å²) in [5.41, 5.74) is 0. The van der Waals surface area contributed by atoms with Gasteiger partial charge in [0, 0.05) is 0 Å². The first-order valence-electron chi connectivity index (χ1n) is 0.535. The Labute approximate surface area is 79.8 Å². The Hall–Kier alpha value is 2.83. The third kappa shape index (κ3) is 8.85. The molecule has 0 aliphatic heterocycles. The van der Waals surface area contributed by atoms with Crippen molar-refractivity contribution in [3.05, 3.63) is 0 Å². The van der Waals surface area contributed by atoms with Crippen LogP contribution in [0.5, 0.6) is 0 Å². The Morgan fingerprint density at radius 3 is 1.25 bits per heavy atom. The van der Waals surface area contributed by atoms with Gasteiger partial charge >= 0.3 is 63.6 Å². The Balaban J connectivity index is 0. The molecule has 4 heteroatoms. The van der Waals surface area contributed by atoms with Gasteiger partial charge in [-0.1, -0.05) is 0 Å². The third-order valence-corrected chi connectivity index (χ3v) is 0. The van der Waals surface area contributed by atoms with E-state index in [0.29, 0.717) is 0 Å². The van der Waals surface area contributed by atoms with Crippen molar-refractivity contribution in [1.82, 2.24) is 0 Å². The van der Waals surface area contributed by atoms with E-state index in [4.69, 9.17) is 18.1 Å². The zero-order valence-electron chi connectivity index (χ0n) is 1.46. The number of halogens is 2. The minimum absolute atomic E-state index is 0. The molecule has 0 rings (SSSR count). The summed E-state index contributed by atoms with van der Waals surface area (Å²) in [7, 11) is 9.81. The van der Waals surface area contributed by atoms with Gasteiger partial charge in [0.2, 0.25) is 0 Å². The third-order valence-electron chi connectivity index (χ3n) is 0. The Morgan fingerprint density at radius 1 is 1.25 bits per heavy atom. The summed E-state index contributed by atoms with van der Waals surface area (Å²) in [5, 5.41) is 0. The first kappa shape index (κ1) is 9.95. The van der Waals surface area contributed by atoms with Gasteiger partial charge in [-0.15, -0.1) is 0 Å². The van der Waals surface area contributed by atoms with Crippen LogP contribution in [0.1, 0.15) is 0 Å². The summed E-state index contributed by atoms with van der Waals surface area (Å²) in [6, 6.07) is 0. The molecule has 0 aliphatic rings. The zero-order chi connectivity index (χ0) is 2.71. The molecule has 0 aromatic rings. The average molecular weight is 185 g/mol.